The Labute approximate surface area is 196 Å². The van der Waals surface area contributed by atoms with Crippen molar-refractivity contribution in [1.29, 1.82) is 0 Å². The van der Waals surface area contributed by atoms with Crippen LogP contribution in [-0.2, 0) is 14.8 Å². The third kappa shape index (κ3) is 5.01. The van der Waals surface area contributed by atoms with Crippen molar-refractivity contribution < 1.29 is 22.7 Å². The van der Waals surface area contributed by atoms with E-state index in [1.54, 1.807) is 31.4 Å². The molecule has 0 spiro atoms. The Morgan fingerprint density at radius 3 is 2.42 bits per heavy atom. The van der Waals surface area contributed by atoms with Crippen LogP contribution in [-0.4, -0.2) is 44.4 Å². The van der Waals surface area contributed by atoms with Crippen LogP contribution in [0.15, 0.2) is 47.4 Å². The Bertz CT molecular complexity index is 1120. The van der Waals surface area contributed by atoms with Gasteiger partial charge in [0.2, 0.25) is 15.9 Å². The molecule has 178 valence electrons. The molecule has 8 heteroatoms. The molecule has 1 saturated heterocycles. The van der Waals surface area contributed by atoms with E-state index in [0.717, 1.165) is 16.9 Å². The lowest BCUT2D eigenvalue weighted by Crippen LogP contribution is -2.46. The summed E-state index contributed by atoms with van der Waals surface area (Å²) < 4.78 is 38.7. The number of piperidine rings is 1. The number of nitrogens with zero attached hydrogens (tertiary/aromatic N) is 1. The van der Waals surface area contributed by atoms with Crippen molar-refractivity contribution in [3.05, 3.63) is 53.6 Å². The number of amides is 1. The lowest BCUT2D eigenvalue weighted by atomic mass is 9.88. The van der Waals surface area contributed by atoms with E-state index in [0.29, 0.717) is 38.1 Å². The Morgan fingerprint density at radius 2 is 1.79 bits per heavy atom. The van der Waals surface area contributed by atoms with Crippen LogP contribution in [0.5, 0.6) is 11.5 Å². The predicted molar refractivity (Wildman–Crippen MR) is 126 cm³/mol. The monoisotopic (exact) mass is 472 g/mol. The van der Waals surface area contributed by atoms with Gasteiger partial charge in [-0.15, -0.1) is 0 Å². The van der Waals surface area contributed by atoms with Crippen molar-refractivity contribution in [2.45, 2.75) is 56.6 Å². The molecule has 0 bridgehead atoms. The second-order valence-electron chi connectivity index (χ2n) is 9.52. The van der Waals surface area contributed by atoms with E-state index in [4.69, 9.17) is 9.47 Å². The van der Waals surface area contributed by atoms with E-state index >= 15 is 0 Å². The Hall–Kier alpha value is -2.58. The van der Waals surface area contributed by atoms with Gasteiger partial charge >= 0.3 is 0 Å². The number of sulfonamides is 1. The fourth-order valence-corrected chi connectivity index (χ4v) is 6.12. The van der Waals surface area contributed by atoms with Gasteiger partial charge in [0.15, 0.2) is 0 Å². The Morgan fingerprint density at radius 1 is 1.12 bits per heavy atom. The van der Waals surface area contributed by atoms with Crippen LogP contribution < -0.4 is 14.8 Å². The Balaban J connectivity index is 1.41. The highest BCUT2D eigenvalue weighted by molar-refractivity contribution is 7.89. The van der Waals surface area contributed by atoms with Crippen LogP contribution in [0.3, 0.4) is 0 Å². The largest absolute Gasteiger partial charge is 0.497 e. The number of hydrogen-bond donors (Lipinski definition) is 1. The number of aryl methyl sites for hydroxylation is 1. The molecule has 2 aromatic carbocycles. The highest BCUT2D eigenvalue weighted by atomic mass is 32.2. The van der Waals surface area contributed by atoms with Gasteiger partial charge in [-0.3, -0.25) is 4.79 Å². The van der Waals surface area contributed by atoms with Crippen molar-refractivity contribution in [2.24, 2.45) is 5.92 Å². The van der Waals surface area contributed by atoms with Crippen LogP contribution >= 0.6 is 0 Å². The molecule has 1 atom stereocenters. The van der Waals surface area contributed by atoms with Gasteiger partial charge in [0, 0.05) is 31.0 Å². The number of methoxy groups -OCH3 is 1. The predicted octanol–water partition coefficient (Wildman–Crippen LogP) is 3.82. The van der Waals surface area contributed by atoms with Crippen LogP contribution in [0.4, 0.5) is 0 Å². The molecule has 2 aromatic rings. The molecule has 2 aliphatic rings. The maximum atomic E-state index is 13.1. The molecule has 4 rings (SSSR count). The zero-order valence-corrected chi connectivity index (χ0v) is 20.4. The summed E-state index contributed by atoms with van der Waals surface area (Å²) in [5.41, 5.74) is 1.74. The van der Waals surface area contributed by atoms with Gasteiger partial charge in [0.05, 0.1) is 18.0 Å². The van der Waals surface area contributed by atoms with Gasteiger partial charge in [-0.05, 0) is 63.9 Å². The van der Waals surface area contributed by atoms with Crippen molar-refractivity contribution in [3.8, 4) is 11.5 Å². The van der Waals surface area contributed by atoms with Gasteiger partial charge in [0.25, 0.3) is 0 Å². The topological polar surface area (TPSA) is 84.9 Å². The molecule has 1 N–H and O–H groups in total. The quantitative estimate of drug-likeness (QED) is 0.715. The molecular formula is C25H32N2O5S. The first-order valence-corrected chi connectivity index (χ1v) is 12.8. The molecule has 2 heterocycles. The maximum absolute atomic E-state index is 13.1. The summed E-state index contributed by atoms with van der Waals surface area (Å²) in [6.07, 6.45) is 1.67. The van der Waals surface area contributed by atoms with Gasteiger partial charge in [-0.2, -0.15) is 4.31 Å². The minimum atomic E-state index is -3.59. The minimum absolute atomic E-state index is 0.0216. The van der Waals surface area contributed by atoms with Crippen LogP contribution in [0, 0.1) is 12.8 Å². The summed E-state index contributed by atoms with van der Waals surface area (Å²) in [5.74, 6) is 1.18. The first kappa shape index (κ1) is 23.6. The second-order valence-corrected chi connectivity index (χ2v) is 11.5. The number of carbonyl (C=O) groups is 1. The zero-order valence-electron chi connectivity index (χ0n) is 19.6. The molecule has 2 aliphatic heterocycles. The zero-order chi connectivity index (χ0) is 23.8. The lowest BCUT2D eigenvalue weighted by molar-refractivity contribution is -0.127. The van der Waals surface area contributed by atoms with Crippen molar-refractivity contribution in [1.82, 2.24) is 9.62 Å². The van der Waals surface area contributed by atoms with E-state index in [2.05, 4.69) is 11.4 Å². The van der Waals surface area contributed by atoms with Gasteiger partial charge in [-0.1, -0.05) is 17.7 Å². The third-order valence-corrected chi connectivity index (χ3v) is 8.37. The number of fused-ring (bicyclic) bond motifs is 1. The standard InChI is InChI=1S/C25H32N2O5S/c1-17-5-10-23-21(15-17)22(16-25(2,3)32-23)26-24(28)18-11-13-27(14-12-18)33(29,30)20-8-6-19(31-4)7-9-20/h5-10,15,18,22H,11-14,16H2,1-4H3,(H,26,28)/t22-/m0/s1. The first-order chi connectivity index (χ1) is 15.6. The molecule has 0 aromatic heterocycles. The summed E-state index contributed by atoms with van der Waals surface area (Å²) in [6.45, 7) is 6.72. The average Bonchev–Trinajstić information content (AvgIpc) is 2.79. The third-order valence-electron chi connectivity index (χ3n) is 6.46. The van der Waals surface area contributed by atoms with Crippen LogP contribution in [0.1, 0.15) is 50.3 Å². The van der Waals surface area contributed by atoms with Crippen LogP contribution in [0.2, 0.25) is 0 Å². The molecule has 7 nitrogen and oxygen atoms in total. The molecule has 1 amide bonds. The highest BCUT2D eigenvalue weighted by Crippen LogP contribution is 2.40. The summed E-state index contributed by atoms with van der Waals surface area (Å²) in [4.78, 5) is 13.4. The van der Waals surface area contributed by atoms with Gasteiger partial charge in [0.1, 0.15) is 17.1 Å². The van der Waals surface area contributed by atoms with Crippen molar-refractivity contribution in [3.63, 3.8) is 0 Å². The van der Waals surface area contributed by atoms with E-state index in [1.165, 1.54) is 4.31 Å². The summed E-state index contributed by atoms with van der Waals surface area (Å²) in [5, 5.41) is 3.22. The maximum Gasteiger partial charge on any atom is 0.243 e. The summed E-state index contributed by atoms with van der Waals surface area (Å²) in [6, 6.07) is 12.3. The lowest BCUT2D eigenvalue weighted by Gasteiger charge is -2.39. The van der Waals surface area contributed by atoms with E-state index in [-0.39, 0.29) is 28.4 Å². The molecule has 0 aliphatic carbocycles. The van der Waals surface area contributed by atoms with Crippen molar-refractivity contribution >= 4 is 15.9 Å². The van der Waals surface area contributed by atoms with E-state index < -0.39 is 10.0 Å². The number of rotatable bonds is 5. The van der Waals surface area contributed by atoms with Crippen molar-refractivity contribution in [2.75, 3.05) is 20.2 Å². The highest BCUT2D eigenvalue weighted by Gasteiger charge is 2.37. The van der Waals surface area contributed by atoms with Gasteiger partial charge in [-0.25, -0.2) is 8.42 Å². The molecule has 33 heavy (non-hydrogen) atoms. The number of ether oxygens (including phenoxy) is 2. The van der Waals surface area contributed by atoms with Gasteiger partial charge < -0.3 is 14.8 Å². The van der Waals surface area contributed by atoms with E-state index in [1.807, 2.05) is 32.9 Å². The Kier molecular flexibility index (Phi) is 6.42. The second kappa shape index (κ2) is 8.99. The number of nitrogens with one attached hydrogen (secondary N) is 1. The molecule has 0 unspecified atom stereocenters. The minimum Gasteiger partial charge on any atom is -0.497 e. The molecule has 0 radical (unpaired) electrons. The summed E-state index contributed by atoms with van der Waals surface area (Å²) >= 11 is 0. The smallest absolute Gasteiger partial charge is 0.243 e. The first-order valence-electron chi connectivity index (χ1n) is 11.3. The van der Waals surface area contributed by atoms with E-state index in [9.17, 15) is 13.2 Å². The molecule has 0 saturated carbocycles. The number of hydrogen-bond acceptors (Lipinski definition) is 5. The normalized spacial score (nSPS) is 21.0. The number of carbonyl (C=O) groups excluding carboxylic acids is 1. The van der Waals surface area contributed by atoms with Crippen LogP contribution in [0.25, 0.3) is 0 Å². The SMILES string of the molecule is COc1ccc(S(=O)(=O)N2CCC(C(=O)N[C@H]3CC(C)(C)Oc4ccc(C)cc43)CC2)cc1. The number of benzene rings is 2. The average molecular weight is 473 g/mol. The molecule has 1 fully saturated rings. The molecular weight excluding hydrogens is 440 g/mol. The fourth-order valence-electron chi connectivity index (χ4n) is 4.65. The fraction of sp³-hybridized carbons (Fsp3) is 0.480. The summed E-state index contributed by atoms with van der Waals surface area (Å²) in [7, 11) is -2.05.